The van der Waals surface area contributed by atoms with Crippen molar-refractivity contribution < 1.29 is 4.39 Å². The van der Waals surface area contributed by atoms with Crippen LogP contribution >= 0.6 is 15.9 Å². The lowest BCUT2D eigenvalue weighted by Crippen LogP contribution is -2.19. The Morgan fingerprint density at radius 2 is 1.84 bits per heavy atom. The Balaban J connectivity index is 1.46. The maximum absolute atomic E-state index is 13.7. The number of fused-ring (bicyclic) bond motifs is 1. The van der Waals surface area contributed by atoms with E-state index in [0.29, 0.717) is 17.6 Å². The van der Waals surface area contributed by atoms with E-state index >= 15 is 0 Å². The molecular weight excluding hydrogens is 469 g/mol. The predicted molar refractivity (Wildman–Crippen MR) is 128 cm³/mol. The Kier molecular flexibility index (Phi) is 5.31. The van der Waals surface area contributed by atoms with E-state index in [0.717, 1.165) is 39.2 Å². The minimum Gasteiger partial charge on any atom is -0.311 e. The summed E-state index contributed by atoms with van der Waals surface area (Å²) in [5.74, 6) is -0.334. The summed E-state index contributed by atoms with van der Waals surface area (Å²) in [6.07, 6.45) is 3.55. The average Bonchev–Trinajstić information content (AvgIpc) is 3.18. The van der Waals surface area contributed by atoms with Crippen LogP contribution in [0.5, 0.6) is 0 Å². The molecule has 0 amide bonds. The van der Waals surface area contributed by atoms with Crippen molar-refractivity contribution in [2.75, 3.05) is 0 Å². The van der Waals surface area contributed by atoms with Crippen LogP contribution in [0.4, 0.5) is 4.39 Å². The zero-order valence-electron chi connectivity index (χ0n) is 17.3. The summed E-state index contributed by atoms with van der Waals surface area (Å²) < 4.78 is 15.9. The van der Waals surface area contributed by atoms with Gasteiger partial charge in [0, 0.05) is 39.8 Å². The summed E-state index contributed by atoms with van der Waals surface area (Å²) in [6, 6.07) is 18.4. The van der Waals surface area contributed by atoms with Gasteiger partial charge in [0.2, 0.25) is 0 Å². The van der Waals surface area contributed by atoms with Crippen LogP contribution in [0.3, 0.4) is 0 Å². The molecule has 3 heterocycles. The van der Waals surface area contributed by atoms with Crippen LogP contribution in [-0.4, -0.2) is 15.3 Å². The van der Waals surface area contributed by atoms with Crippen LogP contribution in [0.2, 0.25) is 0 Å². The average molecular weight is 488 g/mol. The zero-order valence-corrected chi connectivity index (χ0v) is 18.9. The number of aliphatic imine (C=N–C) groups is 1. The molecule has 1 aliphatic rings. The van der Waals surface area contributed by atoms with E-state index in [9.17, 15) is 9.18 Å². The predicted octanol–water partition coefficient (Wildman–Crippen LogP) is 5.52. The molecule has 2 aromatic heterocycles. The number of aromatic nitrogens is 2. The number of hydrogen-bond acceptors (Lipinski definition) is 3. The Hall–Kier alpha value is -3.38. The van der Waals surface area contributed by atoms with E-state index in [2.05, 4.69) is 33.0 Å². The lowest BCUT2D eigenvalue weighted by atomic mass is 9.96. The van der Waals surface area contributed by atoms with E-state index in [-0.39, 0.29) is 11.4 Å². The summed E-state index contributed by atoms with van der Waals surface area (Å²) >= 11 is 3.30. The van der Waals surface area contributed by atoms with Crippen LogP contribution < -0.4 is 5.56 Å². The van der Waals surface area contributed by atoms with Crippen molar-refractivity contribution in [2.45, 2.75) is 20.0 Å². The Labute approximate surface area is 193 Å². The number of aryl methyl sites for hydroxylation is 1. The van der Waals surface area contributed by atoms with Crippen LogP contribution in [0, 0.1) is 12.7 Å². The van der Waals surface area contributed by atoms with Gasteiger partial charge in [-0.05, 0) is 71.6 Å². The SMILES string of the molecule is Cc1cc(C2=NCc3ccc(-c4ccn(Cc5cc(F)cc(Br)c5)c(=O)c4)cc32)ccn1. The van der Waals surface area contributed by atoms with Crippen LogP contribution in [0.1, 0.15) is 27.9 Å². The Bertz CT molecular complexity index is 1420. The van der Waals surface area contributed by atoms with Gasteiger partial charge >= 0.3 is 0 Å². The third kappa shape index (κ3) is 4.06. The Morgan fingerprint density at radius 1 is 1.00 bits per heavy atom. The van der Waals surface area contributed by atoms with Crippen molar-refractivity contribution in [1.82, 2.24) is 9.55 Å². The summed E-state index contributed by atoms with van der Waals surface area (Å²) in [6.45, 7) is 2.92. The topological polar surface area (TPSA) is 47.2 Å². The monoisotopic (exact) mass is 487 g/mol. The van der Waals surface area contributed by atoms with Gasteiger partial charge in [-0.1, -0.05) is 28.1 Å². The second kappa shape index (κ2) is 8.28. The molecule has 4 aromatic rings. The van der Waals surface area contributed by atoms with Crippen molar-refractivity contribution in [2.24, 2.45) is 4.99 Å². The molecule has 0 radical (unpaired) electrons. The molecule has 2 aromatic carbocycles. The van der Waals surface area contributed by atoms with E-state index in [1.54, 1.807) is 23.0 Å². The molecule has 0 aliphatic carbocycles. The zero-order chi connectivity index (χ0) is 22.2. The fourth-order valence-electron chi connectivity index (χ4n) is 4.02. The number of hydrogen-bond donors (Lipinski definition) is 0. The molecule has 0 bridgehead atoms. The smallest absolute Gasteiger partial charge is 0.251 e. The fraction of sp³-hybridized carbons (Fsp3) is 0.115. The first-order chi connectivity index (χ1) is 15.5. The highest BCUT2D eigenvalue weighted by Gasteiger charge is 2.18. The highest BCUT2D eigenvalue weighted by molar-refractivity contribution is 9.10. The van der Waals surface area contributed by atoms with Gasteiger partial charge in [-0.15, -0.1) is 0 Å². The number of benzene rings is 2. The third-order valence-corrected chi connectivity index (χ3v) is 6.01. The van der Waals surface area contributed by atoms with Gasteiger partial charge in [-0.2, -0.15) is 0 Å². The molecule has 0 atom stereocenters. The maximum Gasteiger partial charge on any atom is 0.251 e. The van der Waals surface area contributed by atoms with Crippen molar-refractivity contribution in [3.05, 3.63) is 122 Å². The molecule has 0 saturated carbocycles. The molecular formula is C26H19BrFN3O. The number of rotatable bonds is 4. The summed E-state index contributed by atoms with van der Waals surface area (Å²) in [5.41, 5.74) is 7.59. The highest BCUT2D eigenvalue weighted by Crippen LogP contribution is 2.28. The molecule has 0 spiro atoms. The second-order valence-electron chi connectivity index (χ2n) is 7.88. The van der Waals surface area contributed by atoms with Crippen molar-refractivity contribution in [3.8, 4) is 11.1 Å². The number of nitrogens with zero attached hydrogens (tertiary/aromatic N) is 3. The van der Waals surface area contributed by atoms with Gasteiger partial charge in [0.05, 0.1) is 18.8 Å². The molecule has 0 saturated heterocycles. The molecule has 0 unspecified atom stereocenters. The number of halogens is 2. The van der Waals surface area contributed by atoms with E-state index in [4.69, 9.17) is 4.99 Å². The molecule has 6 heteroatoms. The summed E-state index contributed by atoms with van der Waals surface area (Å²) in [5, 5.41) is 0. The molecule has 0 fully saturated rings. The van der Waals surface area contributed by atoms with Crippen molar-refractivity contribution in [3.63, 3.8) is 0 Å². The lowest BCUT2D eigenvalue weighted by molar-refractivity contribution is 0.621. The van der Waals surface area contributed by atoms with Crippen LogP contribution in [0.25, 0.3) is 11.1 Å². The van der Waals surface area contributed by atoms with Gasteiger partial charge < -0.3 is 4.57 Å². The van der Waals surface area contributed by atoms with Crippen molar-refractivity contribution >= 4 is 21.6 Å². The van der Waals surface area contributed by atoms with Gasteiger partial charge in [0.15, 0.2) is 0 Å². The minimum atomic E-state index is -0.334. The Morgan fingerprint density at radius 3 is 2.62 bits per heavy atom. The normalized spacial score (nSPS) is 12.5. The van der Waals surface area contributed by atoms with E-state index in [1.807, 2.05) is 37.3 Å². The molecule has 4 nitrogen and oxygen atoms in total. The van der Waals surface area contributed by atoms with Crippen LogP contribution in [-0.2, 0) is 13.1 Å². The van der Waals surface area contributed by atoms with Gasteiger partial charge in [0.25, 0.3) is 5.56 Å². The molecule has 1 aliphatic heterocycles. The number of pyridine rings is 2. The van der Waals surface area contributed by atoms with Gasteiger partial charge in [0.1, 0.15) is 5.82 Å². The summed E-state index contributed by atoms with van der Waals surface area (Å²) in [7, 11) is 0. The first-order valence-electron chi connectivity index (χ1n) is 10.2. The van der Waals surface area contributed by atoms with E-state index < -0.39 is 0 Å². The second-order valence-corrected chi connectivity index (χ2v) is 8.80. The first-order valence-corrected chi connectivity index (χ1v) is 11.0. The van der Waals surface area contributed by atoms with E-state index in [1.165, 1.54) is 17.7 Å². The standard InChI is InChI=1S/C26H19BrFN3O/c1-16-8-20(4-6-29-16)26-24-11-18(2-3-21(24)14-30-26)19-5-7-31(25(32)12-19)15-17-9-22(27)13-23(28)10-17/h2-13H,14-15H2,1H3. The van der Waals surface area contributed by atoms with Gasteiger partial charge in [-0.3, -0.25) is 14.8 Å². The molecule has 0 N–H and O–H groups in total. The highest BCUT2D eigenvalue weighted by atomic mass is 79.9. The summed E-state index contributed by atoms with van der Waals surface area (Å²) in [4.78, 5) is 21.8. The molecule has 5 rings (SSSR count). The largest absolute Gasteiger partial charge is 0.311 e. The quantitative estimate of drug-likeness (QED) is 0.380. The lowest BCUT2D eigenvalue weighted by Gasteiger charge is -2.10. The third-order valence-electron chi connectivity index (χ3n) is 5.55. The van der Waals surface area contributed by atoms with Crippen molar-refractivity contribution in [1.29, 1.82) is 0 Å². The fourth-order valence-corrected chi connectivity index (χ4v) is 4.53. The first kappa shape index (κ1) is 20.5. The maximum atomic E-state index is 13.7. The minimum absolute atomic E-state index is 0.137. The van der Waals surface area contributed by atoms with Crippen LogP contribution in [0.15, 0.2) is 87.3 Å². The van der Waals surface area contributed by atoms with Gasteiger partial charge in [-0.25, -0.2) is 4.39 Å². The molecule has 32 heavy (non-hydrogen) atoms. The molecule has 158 valence electrons.